The lowest BCUT2D eigenvalue weighted by Gasteiger charge is -2.33. The number of anilines is 2. The van der Waals surface area contributed by atoms with Crippen molar-refractivity contribution in [3.05, 3.63) is 47.5 Å². The molecule has 0 bridgehead atoms. The van der Waals surface area contributed by atoms with Crippen LogP contribution in [0.5, 0.6) is 5.75 Å². The van der Waals surface area contributed by atoms with Crippen molar-refractivity contribution in [2.75, 3.05) is 36.9 Å². The van der Waals surface area contributed by atoms with Crippen LogP contribution in [0.25, 0.3) is 0 Å². The van der Waals surface area contributed by atoms with E-state index in [2.05, 4.69) is 9.62 Å². The van der Waals surface area contributed by atoms with Gasteiger partial charge in [-0.15, -0.1) is 0 Å². The minimum Gasteiger partial charge on any atom is -0.496 e. The topological polar surface area (TPSA) is 67.9 Å². The lowest BCUT2D eigenvalue weighted by Crippen LogP contribution is -2.36. The number of piperidine rings is 1. The number of benzene rings is 2. The Kier molecular flexibility index (Phi) is 6.15. The molecule has 2 aromatic rings. The number of rotatable bonds is 6. The molecule has 2 aromatic carbocycles. The van der Waals surface area contributed by atoms with Gasteiger partial charge < -0.3 is 14.4 Å². The Morgan fingerprint density at radius 1 is 1.00 bits per heavy atom. The minimum atomic E-state index is -3.67. The van der Waals surface area contributed by atoms with Crippen molar-refractivity contribution in [3.63, 3.8) is 0 Å². The first kappa shape index (κ1) is 20.5. The summed E-state index contributed by atoms with van der Waals surface area (Å²) in [5, 5.41) is 0. The molecule has 7 heteroatoms. The summed E-state index contributed by atoms with van der Waals surface area (Å²) in [6.07, 6.45) is 2.33. The summed E-state index contributed by atoms with van der Waals surface area (Å²) in [6, 6.07) is 10.8. The standard InChI is InChI=1S/C21H28N2O4S/c1-15-13-20(14-16(2)21(15)27-4)28(24,25)22-17-5-7-18(8-6-17)23-11-9-19(26-3)10-12-23/h5-8,13-14,19,22H,9-12H2,1-4H3. The summed E-state index contributed by atoms with van der Waals surface area (Å²) in [5.74, 6) is 0.709. The van der Waals surface area contributed by atoms with E-state index in [1.165, 1.54) is 0 Å². The largest absolute Gasteiger partial charge is 0.496 e. The average molecular weight is 405 g/mol. The predicted octanol–water partition coefficient (Wildman–Crippen LogP) is 3.73. The maximum atomic E-state index is 12.8. The second kappa shape index (κ2) is 8.41. The molecule has 0 radical (unpaired) electrons. The Labute approximate surface area is 167 Å². The summed E-state index contributed by atoms with van der Waals surface area (Å²) >= 11 is 0. The maximum absolute atomic E-state index is 12.8. The molecule has 1 heterocycles. The first-order chi connectivity index (χ1) is 13.3. The normalized spacial score (nSPS) is 15.5. The fraction of sp³-hybridized carbons (Fsp3) is 0.429. The number of methoxy groups -OCH3 is 2. The smallest absolute Gasteiger partial charge is 0.261 e. The van der Waals surface area contributed by atoms with Crippen LogP contribution in [0.2, 0.25) is 0 Å². The van der Waals surface area contributed by atoms with Crippen molar-refractivity contribution in [2.24, 2.45) is 0 Å². The summed E-state index contributed by atoms with van der Waals surface area (Å²) < 4.78 is 39.0. The van der Waals surface area contributed by atoms with Gasteiger partial charge in [0.1, 0.15) is 5.75 Å². The van der Waals surface area contributed by atoms with Crippen LogP contribution >= 0.6 is 0 Å². The van der Waals surface area contributed by atoms with E-state index in [1.54, 1.807) is 38.5 Å². The Bertz CT molecular complexity index is 895. The van der Waals surface area contributed by atoms with Crippen LogP contribution in [-0.2, 0) is 14.8 Å². The Balaban J connectivity index is 1.73. The van der Waals surface area contributed by atoms with Crippen molar-refractivity contribution in [2.45, 2.75) is 37.7 Å². The third-order valence-electron chi connectivity index (χ3n) is 5.21. The molecule has 1 aliphatic heterocycles. The number of sulfonamides is 1. The van der Waals surface area contributed by atoms with Crippen LogP contribution in [0, 0.1) is 13.8 Å². The van der Waals surface area contributed by atoms with E-state index in [4.69, 9.17) is 9.47 Å². The van der Waals surface area contributed by atoms with E-state index in [0.717, 1.165) is 42.7 Å². The molecule has 28 heavy (non-hydrogen) atoms. The molecule has 6 nitrogen and oxygen atoms in total. The quantitative estimate of drug-likeness (QED) is 0.795. The Morgan fingerprint density at radius 3 is 2.07 bits per heavy atom. The minimum absolute atomic E-state index is 0.231. The van der Waals surface area contributed by atoms with Crippen molar-refractivity contribution >= 4 is 21.4 Å². The fourth-order valence-electron chi connectivity index (χ4n) is 3.69. The number of nitrogens with one attached hydrogen (secondary N) is 1. The highest BCUT2D eigenvalue weighted by Gasteiger charge is 2.20. The molecule has 152 valence electrons. The Morgan fingerprint density at radius 2 is 1.57 bits per heavy atom. The molecule has 1 fully saturated rings. The summed E-state index contributed by atoms with van der Waals surface area (Å²) in [6.45, 7) is 5.56. The molecule has 0 aromatic heterocycles. The molecule has 0 saturated carbocycles. The molecule has 0 atom stereocenters. The van der Waals surface area contributed by atoms with Gasteiger partial charge in [-0.1, -0.05) is 0 Å². The zero-order valence-corrected chi connectivity index (χ0v) is 17.7. The van der Waals surface area contributed by atoms with E-state index >= 15 is 0 Å². The number of nitrogens with zero attached hydrogens (tertiary/aromatic N) is 1. The van der Waals surface area contributed by atoms with Gasteiger partial charge >= 0.3 is 0 Å². The number of hydrogen-bond donors (Lipinski definition) is 1. The number of ether oxygens (including phenoxy) is 2. The van der Waals surface area contributed by atoms with Gasteiger partial charge in [0.2, 0.25) is 0 Å². The van der Waals surface area contributed by atoms with Crippen molar-refractivity contribution < 1.29 is 17.9 Å². The molecule has 1 saturated heterocycles. The first-order valence-corrected chi connectivity index (χ1v) is 10.9. The summed E-state index contributed by atoms with van der Waals surface area (Å²) in [5.41, 5.74) is 3.21. The van der Waals surface area contributed by atoms with E-state index in [0.29, 0.717) is 17.5 Å². The van der Waals surface area contributed by atoms with Gasteiger partial charge in [-0.05, 0) is 74.2 Å². The van der Waals surface area contributed by atoms with Crippen molar-refractivity contribution in [1.82, 2.24) is 0 Å². The zero-order chi connectivity index (χ0) is 20.3. The van der Waals surface area contributed by atoms with Gasteiger partial charge in [-0.25, -0.2) is 8.42 Å². The zero-order valence-electron chi connectivity index (χ0n) is 16.9. The summed E-state index contributed by atoms with van der Waals surface area (Å²) in [7, 11) is -0.326. The number of hydrogen-bond acceptors (Lipinski definition) is 5. The third kappa shape index (κ3) is 4.42. The Hall–Kier alpha value is -2.25. The van der Waals surface area contributed by atoms with E-state index in [-0.39, 0.29) is 4.90 Å². The molecule has 0 aliphatic carbocycles. The molecular weight excluding hydrogens is 376 g/mol. The van der Waals surface area contributed by atoms with Gasteiger partial charge in [-0.2, -0.15) is 0 Å². The highest BCUT2D eigenvalue weighted by Crippen LogP contribution is 2.28. The van der Waals surface area contributed by atoms with Crippen molar-refractivity contribution in [3.8, 4) is 5.75 Å². The third-order valence-corrected chi connectivity index (χ3v) is 6.57. The predicted molar refractivity (Wildman–Crippen MR) is 112 cm³/mol. The molecule has 1 aliphatic rings. The summed E-state index contributed by atoms with van der Waals surface area (Å²) in [4.78, 5) is 2.53. The molecule has 0 amide bonds. The molecule has 3 rings (SSSR count). The van der Waals surface area contributed by atoms with Crippen LogP contribution < -0.4 is 14.4 Å². The molecule has 0 spiro atoms. The SMILES string of the molecule is COc1c(C)cc(S(=O)(=O)Nc2ccc(N3CCC(OC)CC3)cc2)cc1C. The highest BCUT2D eigenvalue weighted by molar-refractivity contribution is 7.92. The van der Waals surface area contributed by atoms with Gasteiger partial charge in [0.15, 0.2) is 0 Å². The second-order valence-electron chi connectivity index (χ2n) is 7.16. The lowest BCUT2D eigenvalue weighted by atomic mass is 10.1. The van der Waals surface area contributed by atoms with Gasteiger partial charge in [0.05, 0.1) is 18.1 Å². The first-order valence-electron chi connectivity index (χ1n) is 9.40. The maximum Gasteiger partial charge on any atom is 0.261 e. The molecule has 1 N–H and O–H groups in total. The van der Waals surface area contributed by atoms with E-state index in [1.807, 2.05) is 26.0 Å². The van der Waals surface area contributed by atoms with Gasteiger partial charge in [0.25, 0.3) is 10.0 Å². The van der Waals surface area contributed by atoms with Gasteiger partial charge in [0, 0.05) is 31.6 Å². The van der Waals surface area contributed by atoms with Crippen LogP contribution in [0.1, 0.15) is 24.0 Å². The van der Waals surface area contributed by atoms with Crippen LogP contribution in [0.3, 0.4) is 0 Å². The van der Waals surface area contributed by atoms with Crippen LogP contribution in [0.15, 0.2) is 41.3 Å². The van der Waals surface area contributed by atoms with Crippen LogP contribution in [-0.4, -0.2) is 41.8 Å². The lowest BCUT2D eigenvalue weighted by molar-refractivity contribution is 0.0819. The van der Waals surface area contributed by atoms with Crippen molar-refractivity contribution in [1.29, 1.82) is 0 Å². The van der Waals surface area contributed by atoms with E-state index in [9.17, 15) is 8.42 Å². The second-order valence-corrected chi connectivity index (χ2v) is 8.85. The highest BCUT2D eigenvalue weighted by atomic mass is 32.2. The average Bonchev–Trinajstić information content (AvgIpc) is 2.68. The van der Waals surface area contributed by atoms with Gasteiger partial charge in [-0.3, -0.25) is 4.72 Å². The molecular formula is C21H28N2O4S. The fourth-order valence-corrected chi connectivity index (χ4v) is 4.92. The monoisotopic (exact) mass is 404 g/mol. The molecule has 0 unspecified atom stereocenters. The number of aryl methyl sites for hydroxylation is 2. The van der Waals surface area contributed by atoms with Crippen LogP contribution in [0.4, 0.5) is 11.4 Å². The van der Waals surface area contributed by atoms with E-state index < -0.39 is 10.0 Å².